The molecule has 0 bridgehead atoms. The minimum absolute atomic E-state index is 0.0159. The van der Waals surface area contributed by atoms with Gasteiger partial charge in [0.25, 0.3) is 5.91 Å². The van der Waals surface area contributed by atoms with Gasteiger partial charge in [-0.3, -0.25) is 4.79 Å². The van der Waals surface area contributed by atoms with Crippen molar-refractivity contribution in [3.63, 3.8) is 0 Å². The highest BCUT2D eigenvalue weighted by Crippen LogP contribution is 2.22. The molecule has 1 rings (SSSR count). The number of hydrogen-bond donors (Lipinski definition) is 2. The lowest BCUT2D eigenvalue weighted by Gasteiger charge is -2.23. The second kappa shape index (κ2) is 5.18. The summed E-state index contributed by atoms with van der Waals surface area (Å²) < 4.78 is 0. The molecule has 0 aliphatic carbocycles. The molecule has 1 atom stereocenters. The molecule has 5 heteroatoms. The van der Waals surface area contributed by atoms with E-state index in [0.29, 0.717) is 0 Å². The Morgan fingerprint density at radius 3 is 2.75 bits per heavy atom. The van der Waals surface area contributed by atoms with Crippen LogP contribution >= 0.6 is 11.6 Å². The van der Waals surface area contributed by atoms with Gasteiger partial charge in [0.15, 0.2) is 0 Å². The fraction of sp³-hybridized carbons (Fsp3) is 0.364. The molecule has 88 valence electrons. The van der Waals surface area contributed by atoms with Crippen molar-refractivity contribution >= 4 is 17.5 Å². The van der Waals surface area contributed by atoms with Gasteiger partial charge in [0.1, 0.15) is 5.75 Å². The van der Waals surface area contributed by atoms with Gasteiger partial charge in [0.05, 0.1) is 23.2 Å². The fourth-order valence-electron chi connectivity index (χ4n) is 1.19. The summed E-state index contributed by atoms with van der Waals surface area (Å²) in [6.07, 6.45) is 0. The van der Waals surface area contributed by atoms with Crippen molar-refractivity contribution in [2.45, 2.75) is 13.0 Å². The predicted molar refractivity (Wildman–Crippen MR) is 61.8 cm³/mol. The lowest BCUT2D eigenvalue weighted by Crippen LogP contribution is -2.37. The summed E-state index contributed by atoms with van der Waals surface area (Å²) in [4.78, 5) is 13.3. The Hall–Kier alpha value is -1.26. The van der Waals surface area contributed by atoms with Crippen molar-refractivity contribution in [3.05, 3.63) is 28.8 Å². The van der Waals surface area contributed by atoms with Crippen LogP contribution in [0.2, 0.25) is 5.02 Å². The van der Waals surface area contributed by atoms with E-state index in [0.717, 1.165) is 0 Å². The minimum Gasteiger partial charge on any atom is -0.508 e. The van der Waals surface area contributed by atoms with E-state index in [1.165, 1.54) is 23.1 Å². The van der Waals surface area contributed by atoms with Crippen LogP contribution in [0.3, 0.4) is 0 Å². The number of aliphatic hydroxyl groups is 1. The van der Waals surface area contributed by atoms with Gasteiger partial charge < -0.3 is 15.1 Å². The summed E-state index contributed by atoms with van der Waals surface area (Å²) in [5, 5.41) is 18.5. The number of nitrogens with zero attached hydrogens (tertiary/aromatic N) is 1. The zero-order valence-electron chi connectivity index (χ0n) is 9.14. The number of amides is 1. The Morgan fingerprint density at radius 1 is 1.56 bits per heavy atom. The van der Waals surface area contributed by atoms with Crippen molar-refractivity contribution in [1.29, 1.82) is 0 Å². The number of likely N-dealkylation sites (N-methyl/N-ethyl adjacent to an activating group) is 1. The summed E-state index contributed by atoms with van der Waals surface area (Å²) in [6.45, 7) is 1.59. The number of carbonyl (C=O) groups excluding carboxylic acids is 1. The van der Waals surface area contributed by atoms with Crippen LogP contribution in [0.4, 0.5) is 0 Å². The molecule has 0 radical (unpaired) electrons. The molecule has 16 heavy (non-hydrogen) atoms. The van der Waals surface area contributed by atoms with E-state index >= 15 is 0 Å². The van der Waals surface area contributed by atoms with Crippen molar-refractivity contribution in [1.82, 2.24) is 4.90 Å². The summed E-state index contributed by atoms with van der Waals surface area (Å²) in [7, 11) is 1.57. The number of halogens is 1. The molecular weight excluding hydrogens is 230 g/mol. The standard InChI is InChI=1S/C11H14ClNO3/c1-7(6-14)13(2)11(16)9-5-8(15)3-4-10(9)12/h3-5,7,14-15H,6H2,1-2H3. The molecule has 0 saturated carbocycles. The van der Waals surface area contributed by atoms with Crippen LogP contribution in [0, 0.1) is 0 Å². The van der Waals surface area contributed by atoms with Gasteiger partial charge in [-0.1, -0.05) is 11.6 Å². The van der Waals surface area contributed by atoms with Crippen molar-refractivity contribution < 1.29 is 15.0 Å². The molecule has 1 unspecified atom stereocenters. The maximum absolute atomic E-state index is 11.9. The number of phenolic OH excluding ortho intramolecular Hbond substituents is 1. The highest BCUT2D eigenvalue weighted by atomic mass is 35.5. The molecule has 1 aromatic rings. The van der Waals surface area contributed by atoms with Crippen molar-refractivity contribution in [2.24, 2.45) is 0 Å². The third kappa shape index (κ3) is 2.65. The first-order valence-electron chi connectivity index (χ1n) is 4.84. The summed E-state index contributed by atoms with van der Waals surface area (Å²) in [5.41, 5.74) is 0.226. The highest BCUT2D eigenvalue weighted by Gasteiger charge is 2.19. The molecule has 0 heterocycles. The van der Waals surface area contributed by atoms with Gasteiger partial charge in [0.2, 0.25) is 0 Å². The van der Waals surface area contributed by atoms with E-state index in [4.69, 9.17) is 16.7 Å². The second-order valence-corrected chi connectivity index (χ2v) is 4.02. The largest absolute Gasteiger partial charge is 0.508 e. The molecule has 1 aromatic carbocycles. The molecule has 2 N–H and O–H groups in total. The maximum atomic E-state index is 11.9. The van der Waals surface area contributed by atoms with Crippen LogP contribution in [-0.4, -0.2) is 40.7 Å². The van der Waals surface area contributed by atoms with E-state index in [-0.39, 0.29) is 34.9 Å². The number of hydrogen-bond acceptors (Lipinski definition) is 3. The van der Waals surface area contributed by atoms with Gasteiger partial charge >= 0.3 is 0 Å². The Morgan fingerprint density at radius 2 is 2.19 bits per heavy atom. The summed E-state index contributed by atoms with van der Waals surface area (Å²) in [5.74, 6) is -0.347. The SMILES string of the molecule is CC(CO)N(C)C(=O)c1cc(O)ccc1Cl. The number of benzene rings is 1. The smallest absolute Gasteiger partial charge is 0.255 e. The van der Waals surface area contributed by atoms with Gasteiger partial charge in [-0.05, 0) is 25.1 Å². The number of aromatic hydroxyl groups is 1. The first kappa shape index (κ1) is 12.8. The van der Waals surface area contributed by atoms with E-state index in [1.54, 1.807) is 14.0 Å². The van der Waals surface area contributed by atoms with E-state index in [1.807, 2.05) is 0 Å². The van der Waals surface area contributed by atoms with Gasteiger partial charge in [-0.15, -0.1) is 0 Å². The lowest BCUT2D eigenvalue weighted by molar-refractivity contribution is 0.0682. The maximum Gasteiger partial charge on any atom is 0.255 e. The molecule has 0 spiro atoms. The molecule has 0 saturated heterocycles. The number of rotatable bonds is 3. The predicted octanol–water partition coefficient (Wildman–Crippen LogP) is 1.50. The van der Waals surface area contributed by atoms with Crippen LogP contribution < -0.4 is 0 Å². The Balaban J connectivity index is 3.00. The monoisotopic (exact) mass is 243 g/mol. The van der Waals surface area contributed by atoms with Crippen LogP contribution in [0.5, 0.6) is 5.75 Å². The molecule has 0 aliphatic rings. The van der Waals surface area contributed by atoms with Crippen molar-refractivity contribution in [2.75, 3.05) is 13.7 Å². The van der Waals surface area contributed by atoms with Gasteiger partial charge in [0, 0.05) is 7.05 Å². The molecule has 4 nitrogen and oxygen atoms in total. The molecular formula is C11H14ClNO3. The first-order chi connectivity index (χ1) is 7.47. The van der Waals surface area contributed by atoms with Crippen molar-refractivity contribution in [3.8, 4) is 5.75 Å². The van der Waals surface area contributed by atoms with Gasteiger partial charge in [-0.25, -0.2) is 0 Å². The zero-order chi connectivity index (χ0) is 12.3. The summed E-state index contributed by atoms with van der Waals surface area (Å²) in [6, 6.07) is 3.88. The number of aliphatic hydroxyl groups excluding tert-OH is 1. The zero-order valence-corrected chi connectivity index (χ0v) is 9.90. The van der Waals surface area contributed by atoms with Crippen LogP contribution in [0.1, 0.15) is 17.3 Å². The first-order valence-corrected chi connectivity index (χ1v) is 5.21. The Kier molecular flexibility index (Phi) is 4.15. The van der Waals surface area contributed by atoms with E-state index in [2.05, 4.69) is 0 Å². The second-order valence-electron chi connectivity index (χ2n) is 3.61. The van der Waals surface area contributed by atoms with Crippen LogP contribution in [0.25, 0.3) is 0 Å². The Bertz CT molecular complexity index is 395. The molecule has 1 amide bonds. The lowest BCUT2D eigenvalue weighted by atomic mass is 10.1. The van der Waals surface area contributed by atoms with Crippen LogP contribution in [0.15, 0.2) is 18.2 Å². The quantitative estimate of drug-likeness (QED) is 0.846. The number of carbonyl (C=O) groups is 1. The third-order valence-corrected chi connectivity index (χ3v) is 2.76. The minimum atomic E-state index is -0.331. The summed E-state index contributed by atoms with van der Waals surface area (Å²) >= 11 is 5.86. The Labute approximate surface area is 99.1 Å². The molecule has 0 aliphatic heterocycles. The normalized spacial score (nSPS) is 12.2. The number of phenols is 1. The van der Waals surface area contributed by atoms with E-state index < -0.39 is 0 Å². The van der Waals surface area contributed by atoms with Crippen LogP contribution in [-0.2, 0) is 0 Å². The topological polar surface area (TPSA) is 60.8 Å². The fourth-order valence-corrected chi connectivity index (χ4v) is 1.39. The average molecular weight is 244 g/mol. The third-order valence-electron chi connectivity index (χ3n) is 2.43. The van der Waals surface area contributed by atoms with E-state index in [9.17, 15) is 9.90 Å². The highest BCUT2D eigenvalue weighted by molar-refractivity contribution is 6.33. The molecule has 0 aromatic heterocycles. The molecule has 0 fully saturated rings. The average Bonchev–Trinajstić information content (AvgIpc) is 2.29. The van der Waals surface area contributed by atoms with Gasteiger partial charge in [-0.2, -0.15) is 0 Å².